The fraction of sp³-hybridized carbons (Fsp3) is 0.125. The van der Waals surface area contributed by atoms with Gasteiger partial charge in [-0.3, -0.25) is 0 Å². The molecule has 0 spiro atoms. The molecule has 0 radical (unpaired) electrons. The summed E-state index contributed by atoms with van der Waals surface area (Å²) >= 11 is 0. The van der Waals surface area contributed by atoms with E-state index >= 15 is 0 Å². The van der Waals surface area contributed by atoms with Crippen LogP contribution in [0.4, 0.5) is 5.82 Å². The summed E-state index contributed by atoms with van der Waals surface area (Å²) < 4.78 is 1.91. The van der Waals surface area contributed by atoms with Crippen molar-refractivity contribution in [2.24, 2.45) is 0 Å². The molecule has 0 bridgehead atoms. The highest BCUT2D eigenvalue weighted by molar-refractivity contribution is 5.47. The van der Waals surface area contributed by atoms with Crippen molar-refractivity contribution in [1.82, 2.24) is 9.38 Å². The highest BCUT2D eigenvalue weighted by atomic mass is 15.0. The summed E-state index contributed by atoms with van der Waals surface area (Å²) in [6.45, 7) is 2.03. The normalized spacial score (nSPS) is 10.6. The number of imidazole rings is 1. The van der Waals surface area contributed by atoms with Crippen molar-refractivity contribution >= 4 is 11.5 Å². The number of fused-ring (bicyclic) bond motifs is 1. The second-order valence-corrected chi connectivity index (χ2v) is 2.64. The summed E-state index contributed by atoms with van der Waals surface area (Å²) in [4.78, 5) is 4.11. The molecule has 2 N–H and O–H groups in total. The molecule has 0 fully saturated rings. The smallest absolute Gasteiger partial charge is 0.142 e. The monoisotopic (exact) mass is 147 g/mol. The lowest BCUT2D eigenvalue weighted by molar-refractivity contribution is 1.17. The number of rotatable bonds is 0. The lowest BCUT2D eigenvalue weighted by Crippen LogP contribution is -1.81. The molecule has 11 heavy (non-hydrogen) atoms. The first-order valence-corrected chi connectivity index (χ1v) is 3.46. The number of pyridine rings is 1. The maximum atomic E-state index is 5.51. The Morgan fingerprint density at radius 3 is 3.18 bits per heavy atom. The standard InChI is InChI=1S/C8H9N3/c1-6-2-3-11-5-7(9)10-8(11)4-6/h2-5H,9H2,1H3. The van der Waals surface area contributed by atoms with Gasteiger partial charge in [0.25, 0.3) is 0 Å². The molecule has 0 unspecified atom stereocenters. The Kier molecular flexibility index (Phi) is 1.12. The van der Waals surface area contributed by atoms with Crippen molar-refractivity contribution in [1.29, 1.82) is 0 Å². The second-order valence-electron chi connectivity index (χ2n) is 2.64. The molecular weight excluding hydrogens is 138 g/mol. The number of hydrogen-bond acceptors (Lipinski definition) is 2. The van der Waals surface area contributed by atoms with Crippen LogP contribution in [-0.4, -0.2) is 9.38 Å². The van der Waals surface area contributed by atoms with Gasteiger partial charge in [0, 0.05) is 6.20 Å². The molecule has 0 saturated carbocycles. The Hall–Kier alpha value is -1.51. The van der Waals surface area contributed by atoms with Crippen molar-refractivity contribution in [2.75, 3.05) is 5.73 Å². The van der Waals surface area contributed by atoms with E-state index in [1.54, 1.807) is 6.20 Å². The molecule has 0 amide bonds. The molecule has 0 aliphatic heterocycles. The summed E-state index contributed by atoms with van der Waals surface area (Å²) in [5.74, 6) is 0.565. The SMILES string of the molecule is Cc1ccn2cc(N)nc2c1. The van der Waals surface area contributed by atoms with E-state index in [-0.39, 0.29) is 0 Å². The lowest BCUT2D eigenvalue weighted by atomic mass is 10.3. The van der Waals surface area contributed by atoms with Gasteiger partial charge in [0.05, 0.1) is 6.20 Å². The van der Waals surface area contributed by atoms with Gasteiger partial charge in [-0.1, -0.05) is 0 Å². The van der Waals surface area contributed by atoms with E-state index < -0.39 is 0 Å². The molecule has 0 aliphatic rings. The number of nitrogen functional groups attached to an aromatic ring is 1. The molecule has 2 rings (SSSR count). The molecule has 3 heteroatoms. The average molecular weight is 147 g/mol. The first-order chi connectivity index (χ1) is 5.25. The first-order valence-electron chi connectivity index (χ1n) is 3.46. The highest BCUT2D eigenvalue weighted by Gasteiger charge is 1.95. The molecular formula is C8H9N3. The van der Waals surface area contributed by atoms with E-state index in [4.69, 9.17) is 5.73 Å². The zero-order valence-corrected chi connectivity index (χ0v) is 6.28. The second kappa shape index (κ2) is 1.99. The van der Waals surface area contributed by atoms with Gasteiger partial charge in [-0.05, 0) is 24.6 Å². The van der Waals surface area contributed by atoms with Crippen LogP contribution >= 0.6 is 0 Å². The van der Waals surface area contributed by atoms with Crippen LogP contribution in [0.15, 0.2) is 24.5 Å². The van der Waals surface area contributed by atoms with Crippen molar-refractivity contribution in [2.45, 2.75) is 6.92 Å². The highest BCUT2D eigenvalue weighted by Crippen LogP contribution is 2.07. The minimum absolute atomic E-state index is 0.565. The molecule has 2 heterocycles. The minimum atomic E-state index is 0.565. The fourth-order valence-electron chi connectivity index (χ4n) is 1.10. The van der Waals surface area contributed by atoms with Crippen molar-refractivity contribution < 1.29 is 0 Å². The molecule has 2 aromatic heterocycles. The summed E-state index contributed by atoms with van der Waals surface area (Å²) in [6.07, 6.45) is 3.75. The Morgan fingerprint density at radius 2 is 2.36 bits per heavy atom. The zero-order valence-electron chi connectivity index (χ0n) is 6.28. The van der Waals surface area contributed by atoms with Gasteiger partial charge in [0.2, 0.25) is 0 Å². The van der Waals surface area contributed by atoms with Crippen molar-refractivity contribution in [3.05, 3.63) is 30.1 Å². The van der Waals surface area contributed by atoms with Gasteiger partial charge in [-0.25, -0.2) is 4.98 Å². The Balaban J connectivity index is 2.82. The predicted octanol–water partition coefficient (Wildman–Crippen LogP) is 1.22. The van der Waals surface area contributed by atoms with Crippen LogP contribution in [0.1, 0.15) is 5.56 Å². The maximum absolute atomic E-state index is 5.51. The maximum Gasteiger partial charge on any atom is 0.142 e. The van der Waals surface area contributed by atoms with Crippen LogP contribution in [0.25, 0.3) is 5.65 Å². The molecule has 2 aromatic rings. The third-order valence-corrected chi connectivity index (χ3v) is 1.63. The topological polar surface area (TPSA) is 43.3 Å². The average Bonchev–Trinajstić information content (AvgIpc) is 2.27. The number of aromatic nitrogens is 2. The van der Waals surface area contributed by atoms with Gasteiger partial charge in [0.1, 0.15) is 11.5 Å². The minimum Gasteiger partial charge on any atom is -0.382 e. The summed E-state index contributed by atoms with van der Waals surface area (Å²) in [5.41, 5.74) is 7.61. The largest absolute Gasteiger partial charge is 0.382 e. The fourth-order valence-corrected chi connectivity index (χ4v) is 1.10. The molecule has 0 atom stereocenters. The van der Waals surface area contributed by atoms with Crippen LogP contribution in [0, 0.1) is 6.92 Å². The number of nitrogens with zero attached hydrogens (tertiary/aromatic N) is 2. The number of aryl methyl sites for hydroxylation is 1. The van der Waals surface area contributed by atoms with Crippen LogP contribution < -0.4 is 5.73 Å². The quantitative estimate of drug-likeness (QED) is 0.609. The van der Waals surface area contributed by atoms with Gasteiger partial charge in [0.15, 0.2) is 0 Å². The number of anilines is 1. The Bertz CT molecular complexity index is 389. The predicted molar refractivity (Wildman–Crippen MR) is 44.3 cm³/mol. The Morgan fingerprint density at radius 1 is 1.55 bits per heavy atom. The van der Waals surface area contributed by atoms with Crippen LogP contribution in [-0.2, 0) is 0 Å². The van der Waals surface area contributed by atoms with Crippen LogP contribution in [0.3, 0.4) is 0 Å². The van der Waals surface area contributed by atoms with E-state index in [1.807, 2.05) is 29.7 Å². The van der Waals surface area contributed by atoms with Crippen LogP contribution in [0.5, 0.6) is 0 Å². The molecule has 0 aromatic carbocycles. The molecule has 3 nitrogen and oxygen atoms in total. The number of nitrogens with two attached hydrogens (primary N) is 1. The molecule has 0 saturated heterocycles. The van der Waals surface area contributed by atoms with Crippen molar-refractivity contribution in [3.8, 4) is 0 Å². The molecule has 0 aliphatic carbocycles. The van der Waals surface area contributed by atoms with E-state index in [0.717, 1.165) is 5.65 Å². The van der Waals surface area contributed by atoms with Crippen LogP contribution in [0.2, 0.25) is 0 Å². The third-order valence-electron chi connectivity index (χ3n) is 1.63. The number of hydrogen-bond donors (Lipinski definition) is 1. The third kappa shape index (κ3) is 0.941. The zero-order chi connectivity index (χ0) is 7.84. The van der Waals surface area contributed by atoms with E-state index in [0.29, 0.717) is 5.82 Å². The van der Waals surface area contributed by atoms with Crippen molar-refractivity contribution in [3.63, 3.8) is 0 Å². The summed E-state index contributed by atoms with van der Waals surface area (Å²) in [7, 11) is 0. The van der Waals surface area contributed by atoms with E-state index in [9.17, 15) is 0 Å². The first kappa shape index (κ1) is 6.22. The summed E-state index contributed by atoms with van der Waals surface area (Å²) in [5, 5.41) is 0. The van der Waals surface area contributed by atoms with Gasteiger partial charge >= 0.3 is 0 Å². The van der Waals surface area contributed by atoms with Gasteiger partial charge in [-0.15, -0.1) is 0 Å². The molecule has 56 valence electrons. The summed E-state index contributed by atoms with van der Waals surface area (Å²) in [6, 6.07) is 4.02. The van der Waals surface area contributed by atoms with E-state index in [2.05, 4.69) is 4.98 Å². The Labute approximate surface area is 64.5 Å². The van der Waals surface area contributed by atoms with Gasteiger partial charge in [-0.2, -0.15) is 0 Å². The lowest BCUT2D eigenvalue weighted by Gasteiger charge is -1.92. The van der Waals surface area contributed by atoms with E-state index in [1.165, 1.54) is 5.56 Å². The van der Waals surface area contributed by atoms with Gasteiger partial charge < -0.3 is 10.1 Å².